The zero-order valence-corrected chi connectivity index (χ0v) is 14.2. The summed E-state index contributed by atoms with van der Waals surface area (Å²) < 4.78 is 5.96. The molecule has 3 rings (SSSR count). The molecule has 120 valence electrons. The number of nitrogens with zero attached hydrogens (tertiary/aromatic N) is 2. The molecule has 0 aliphatic rings. The summed E-state index contributed by atoms with van der Waals surface area (Å²) in [6, 6.07) is 20.6. The first kappa shape index (κ1) is 17.3. The minimum atomic E-state index is 0. The third-order valence-corrected chi connectivity index (χ3v) is 3.55. The maximum absolute atomic E-state index is 5.96. The number of para-hydroxylation sites is 1. The first-order chi connectivity index (χ1) is 10.7. The molecule has 3 aromatic rings. The van der Waals surface area contributed by atoms with Crippen LogP contribution in [0.25, 0.3) is 22.0 Å². The normalized spacial score (nSPS) is 10.6. The van der Waals surface area contributed by atoms with E-state index in [1.54, 1.807) is 0 Å². The highest BCUT2D eigenvalue weighted by atomic mass is 35.5. The standard InChI is InChI=1S/C19H20N2O.ClH/c1-21(2)12-13-22-19-17(15-8-4-3-5-9-15)14-16-10-6-7-11-18(16)20-19;/h3-11,14H,12-13H2,1-2H3;1H. The summed E-state index contributed by atoms with van der Waals surface area (Å²) in [4.78, 5) is 6.81. The molecule has 0 unspecified atom stereocenters. The van der Waals surface area contributed by atoms with Gasteiger partial charge in [-0.3, -0.25) is 0 Å². The van der Waals surface area contributed by atoms with Crippen LogP contribution in [0.2, 0.25) is 0 Å². The van der Waals surface area contributed by atoms with E-state index in [2.05, 4.69) is 29.2 Å². The molecule has 2 aromatic carbocycles. The minimum absolute atomic E-state index is 0. The van der Waals surface area contributed by atoms with Gasteiger partial charge in [-0.15, -0.1) is 12.4 Å². The molecule has 0 fully saturated rings. The second kappa shape index (κ2) is 7.95. The first-order valence-corrected chi connectivity index (χ1v) is 7.47. The van der Waals surface area contributed by atoms with Gasteiger partial charge in [0.1, 0.15) is 6.61 Å². The average Bonchev–Trinajstić information content (AvgIpc) is 2.54. The smallest absolute Gasteiger partial charge is 0.221 e. The Hall–Kier alpha value is -2.10. The molecule has 0 aliphatic carbocycles. The Labute approximate surface area is 143 Å². The maximum atomic E-state index is 5.96. The summed E-state index contributed by atoms with van der Waals surface area (Å²) in [5.41, 5.74) is 3.13. The first-order valence-electron chi connectivity index (χ1n) is 7.47. The van der Waals surface area contributed by atoms with E-state index >= 15 is 0 Å². The summed E-state index contributed by atoms with van der Waals surface area (Å²) in [6.45, 7) is 1.49. The molecule has 0 saturated heterocycles. The molecule has 0 N–H and O–H groups in total. The molecule has 0 amide bonds. The van der Waals surface area contributed by atoms with Crippen molar-refractivity contribution in [3.8, 4) is 17.0 Å². The Morgan fingerprint density at radius 1 is 0.957 bits per heavy atom. The van der Waals surface area contributed by atoms with Crippen LogP contribution in [0.1, 0.15) is 0 Å². The number of ether oxygens (including phenoxy) is 1. The van der Waals surface area contributed by atoms with Gasteiger partial charge in [0.25, 0.3) is 0 Å². The van der Waals surface area contributed by atoms with E-state index in [1.165, 1.54) is 0 Å². The Morgan fingerprint density at radius 2 is 1.65 bits per heavy atom. The van der Waals surface area contributed by atoms with Crippen molar-refractivity contribution in [3.05, 3.63) is 60.7 Å². The molecule has 1 aromatic heterocycles. The Morgan fingerprint density at radius 3 is 2.39 bits per heavy atom. The number of likely N-dealkylation sites (N-methyl/N-ethyl adjacent to an activating group) is 1. The highest BCUT2D eigenvalue weighted by molar-refractivity contribution is 5.86. The van der Waals surface area contributed by atoms with Crippen LogP contribution in [0.4, 0.5) is 0 Å². The predicted octanol–water partition coefficient (Wildman–Crippen LogP) is 4.26. The number of hydrogen-bond acceptors (Lipinski definition) is 3. The molecule has 0 atom stereocenters. The van der Waals surface area contributed by atoms with Crippen molar-refractivity contribution >= 4 is 23.3 Å². The average molecular weight is 329 g/mol. The number of halogens is 1. The van der Waals surface area contributed by atoms with Crippen molar-refractivity contribution in [1.29, 1.82) is 0 Å². The summed E-state index contributed by atoms with van der Waals surface area (Å²) in [5.74, 6) is 0.701. The van der Waals surface area contributed by atoms with Gasteiger partial charge in [-0.25, -0.2) is 4.98 Å². The molecule has 4 heteroatoms. The summed E-state index contributed by atoms with van der Waals surface area (Å²) in [6.07, 6.45) is 0. The number of rotatable bonds is 5. The topological polar surface area (TPSA) is 25.4 Å². The van der Waals surface area contributed by atoms with E-state index in [0.717, 1.165) is 28.6 Å². The third-order valence-electron chi connectivity index (χ3n) is 3.55. The molecule has 1 heterocycles. The molecule has 0 aliphatic heterocycles. The molecule has 23 heavy (non-hydrogen) atoms. The van der Waals surface area contributed by atoms with E-state index in [1.807, 2.05) is 50.5 Å². The van der Waals surface area contributed by atoms with Crippen molar-refractivity contribution in [2.45, 2.75) is 0 Å². The van der Waals surface area contributed by atoms with E-state index in [0.29, 0.717) is 12.5 Å². The van der Waals surface area contributed by atoms with E-state index in [-0.39, 0.29) is 12.4 Å². The predicted molar refractivity (Wildman–Crippen MR) is 98.5 cm³/mol. The van der Waals surface area contributed by atoms with Crippen LogP contribution in [0.5, 0.6) is 5.88 Å². The largest absolute Gasteiger partial charge is 0.476 e. The lowest BCUT2D eigenvalue weighted by atomic mass is 10.0. The SMILES string of the molecule is CN(C)CCOc1nc2ccccc2cc1-c1ccccc1.Cl. The maximum Gasteiger partial charge on any atom is 0.221 e. The zero-order chi connectivity index (χ0) is 15.4. The number of benzene rings is 2. The van der Waals surface area contributed by atoms with Gasteiger partial charge < -0.3 is 9.64 Å². The van der Waals surface area contributed by atoms with Crippen LogP contribution in [0, 0.1) is 0 Å². The van der Waals surface area contributed by atoms with Gasteiger partial charge in [0.2, 0.25) is 5.88 Å². The van der Waals surface area contributed by atoms with Gasteiger partial charge in [-0.05, 0) is 31.8 Å². The van der Waals surface area contributed by atoms with Crippen molar-refractivity contribution in [2.24, 2.45) is 0 Å². The number of pyridine rings is 1. The van der Waals surface area contributed by atoms with Crippen LogP contribution in [-0.4, -0.2) is 37.1 Å². The van der Waals surface area contributed by atoms with Crippen molar-refractivity contribution in [1.82, 2.24) is 9.88 Å². The van der Waals surface area contributed by atoms with Crippen LogP contribution >= 0.6 is 12.4 Å². The third kappa shape index (κ3) is 4.21. The zero-order valence-electron chi connectivity index (χ0n) is 13.4. The molecule has 0 radical (unpaired) electrons. The fourth-order valence-corrected chi connectivity index (χ4v) is 2.36. The second-order valence-corrected chi connectivity index (χ2v) is 5.55. The van der Waals surface area contributed by atoms with E-state index in [4.69, 9.17) is 9.72 Å². The second-order valence-electron chi connectivity index (χ2n) is 5.55. The van der Waals surface area contributed by atoms with Crippen molar-refractivity contribution < 1.29 is 4.74 Å². The minimum Gasteiger partial charge on any atom is -0.476 e. The highest BCUT2D eigenvalue weighted by Crippen LogP contribution is 2.31. The lowest BCUT2D eigenvalue weighted by molar-refractivity contribution is 0.255. The lowest BCUT2D eigenvalue weighted by Crippen LogP contribution is -2.19. The Balaban J connectivity index is 0.00000192. The van der Waals surface area contributed by atoms with Gasteiger partial charge in [0.05, 0.1) is 5.52 Å². The summed E-state index contributed by atoms with van der Waals surface area (Å²) in [7, 11) is 4.07. The summed E-state index contributed by atoms with van der Waals surface area (Å²) in [5, 5.41) is 1.13. The Bertz CT molecular complexity index is 760. The lowest BCUT2D eigenvalue weighted by Gasteiger charge is -2.14. The van der Waals surface area contributed by atoms with Gasteiger partial charge in [0, 0.05) is 17.5 Å². The summed E-state index contributed by atoms with van der Waals surface area (Å²) >= 11 is 0. The van der Waals surface area contributed by atoms with Gasteiger partial charge in [-0.1, -0.05) is 48.5 Å². The van der Waals surface area contributed by atoms with E-state index in [9.17, 15) is 0 Å². The van der Waals surface area contributed by atoms with Gasteiger partial charge >= 0.3 is 0 Å². The fourth-order valence-electron chi connectivity index (χ4n) is 2.36. The molecule has 3 nitrogen and oxygen atoms in total. The monoisotopic (exact) mass is 328 g/mol. The number of aromatic nitrogens is 1. The number of hydrogen-bond donors (Lipinski definition) is 0. The molecule has 0 bridgehead atoms. The van der Waals surface area contributed by atoms with E-state index < -0.39 is 0 Å². The van der Waals surface area contributed by atoms with Crippen LogP contribution in [-0.2, 0) is 0 Å². The highest BCUT2D eigenvalue weighted by Gasteiger charge is 2.10. The van der Waals surface area contributed by atoms with Crippen LogP contribution in [0.15, 0.2) is 60.7 Å². The molecular weight excluding hydrogens is 308 g/mol. The number of fused-ring (bicyclic) bond motifs is 1. The van der Waals surface area contributed by atoms with Gasteiger partial charge in [0.15, 0.2) is 0 Å². The molecular formula is C19H21ClN2O. The van der Waals surface area contributed by atoms with Crippen LogP contribution in [0.3, 0.4) is 0 Å². The van der Waals surface area contributed by atoms with Crippen molar-refractivity contribution in [2.75, 3.05) is 27.2 Å². The van der Waals surface area contributed by atoms with Crippen LogP contribution < -0.4 is 4.74 Å². The van der Waals surface area contributed by atoms with Gasteiger partial charge in [-0.2, -0.15) is 0 Å². The molecule has 0 saturated carbocycles. The fraction of sp³-hybridized carbons (Fsp3) is 0.211. The molecule has 0 spiro atoms. The quantitative estimate of drug-likeness (QED) is 0.699. The van der Waals surface area contributed by atoms with Crippen molar-refractivity contribution in [3.63, 3.8) is 0 Å². The Kier molecular flexibility index (Phi) is 5.97.